The summed E-state index contributed by atoms with van der Waals surface area (Å²) in [6, 6.07) is 7.73. The first-order valence-corrected chi connectivity index (χ1v) is 11.1. The zero-order valence-electron chi connectivity index (χ0n) is 16.2. The quantitative estimate of drug-likeness (QED) is 0.607. The van der Waals surface area contributed by atoms with Crippen LogP contribution < -0.4 is 25.6 Å². The van der Waals surface area contributed by atoms with Gasteiger partial charge in [0.15, 0.2) is 11.5 Å². The summed E-state index contributed by atoms with van der Waals surface area (Å²) < 4.78 is 11.7. The fourth-order valence-electron chi connectivity index (χ4n) is 4.30. The molecule has 0 fully saturated rings. The molecule has 1 aromatic rings. The lowest BCUT2D eigenvalue weighted by Crippen LogP contribution is -2.49. The lowest BCUT2D eigenvalue weighted by atomic mass is 9.96. The van der Waals surface area contributed by atoms with Crippen molar-refractivity contribution in [1.82, 2.24) is 21.1 Å². The van der Waals surface area contributed by atoms with E-state index in [9.17, 15) is 4.79 Å². The number of hydrogen-bond acceptors (Lipinski definition) is 8. The van der Waals surface area contributed by atoms with Crippen LogP contribution in [0.5, 0.6) is 11.5 Å². The van der Waals surface area contributed by atoms with E-state index in [1.807, 2.05) is 24.3 Å². The molecule has 0 saturated carbocycles. The molecule has 0 saturated heterocycles. The van der Waals surface area contributed by atoms with Gasteiger partial charge in [-0.3, -0.25) is 15.6 Å². The summed E-state index contributed by atoms with van der Waals surface area (Å²) in [6.45, 7) is 3.71. The number of fused-ring (bicyclic) bond motifs is 3. The van der Waals surface area contributed by atoms with Gasteiger partial charge in [0.25, 0.3) is 0 Å². The number of nitrogens with zero attached hydrogens (tertiary/aromatic N) is 1. The van der Waals surface area contributed by atoms with Gasteiger partial charge in [-0.1, -0.05) is 30.0 Å². The summed E-state index contributed by atoms with van der Waals surface area (Å²) >= 11 is 1.42. The molecule has 0 radical (unpaired) electrons. The summed E-state index contributed by atoms with van der Waals surface area (Å²) in [5, 5.41) is 3.74. The normalized spacial score (nSPS) is 27.8. The van der Waals surface area contributed by atoms with Gasteiger partial charge < -0.3 is 19.7 Å². The maximum absolute atomic E-state index is 12.7. The first-order chi connectivity index (χ1) is 14.3. The predicted molar refractivity (Wildman–Crippen MR) is 112 cm³/mol. The fourth-order valence-corrected chi connectivity index (χ4v) is 5.39. The number of nitrogens with one attached hydrogen (secondary N) is 3. The molecular weight excluding hydrogens is 388 g/mol. The number of benzene rings is 1. The van der Waals surface area contributed by atoms with Crippen molar-refractivity contribution in [3.8, 4) is 11.5 Å². The van der Waals surface area contributed by atoms with Gasteiger partial charge in [-0.2, -0.15) is 0 Å². The first kappa shape index (κ1) is 19.0. The van der Waals surface area contributed by atoms with E-state index in [1.54, 1.807) is 0 Å². The van der Waals surface area contributed by atoms with Crippen LogP contribution in [0, 0.1) is 5.92 Å². The van der Waals surface area contributed by atoms with Crippen LogP contribution in [0.3, 0.4) is 0 Å². The Morgan fingerprint density at radius 2 is 2.07 bits per heavy atom. The number of hydrogen-bond donors (Lipinski definition) is 3. The maximum atomic E-state index is 12.7. The van der Waals surface area contributed by atoms with Gasteiger partial charge in [-0.15, -0.1) is 0 Å². The minimum Gasteiger partial charge on any atom is -0.486 e. The van der Waals surface area contributed by atoms with E-state index in [0.29, 0.717) is 6.61 Å². The number of para-hydroxylation sites is 2. The predicted octanol–water partition coefficient (Wildman–Crippen LogP) is 1.60. The highest BCUT2D eigenvalue weighted by Gasteiger charge is 2.42. The summed E-state index contributed by atoms with van der Waals surface area (Å²) in [5.41, 5.74) is 7.54. The molecule has 0 aliphatic carbocycles. The van der Waals surface area contributed by atoms with Gasteiger partial charge in [0.1, 0.15) is 18.8 Å². The molecule has 0 spiro atoms. The third-order valence-corrected chi connectivity index (χ3v) is 6.83. The van der Waals surface area contributed by atoms with E-state index in [1.165, 1.54) is 17.5 Å². The highest BCUT2D eigenvalue weighted by molar-refractivity contribution is 8.17. The Bertz CT molecular complexity index is 843. The maximum Gasteiger partial charge on any atom is 0.216 e. The molecule has 7 nitrogen and oxygen atoms in total. The molecule has 3 unspecified atom stereocenters. The molecule has 0 aromatic heterocycles. The van der Waals surface area contributed by atoms with Crippen LogP contribution in [-0.2, 0) is 4.79 Å². The molecule has 3 atom stereocenters. The second-order valence-corrected chi connectivity index (χ2v) is 8.80. The third-order valence-electron chi connectivity index (χ3n) is 5.76. The van der Waals surface area contributed by atoms with Crippen LogP contribution >= 0.6 is 11.8 Å². The topological polar surface area (TPSA) is 74.9 Å². The Morgan fingerprint density at radius 1 is 1.21 bits per heavy atom. The molecule has 1 aromatic carbocycles. The van der Waals surface area contributed by atoms with E-state index < -0.39 is 0 Å². The van der Waals surface area contributed by atoms with Crippen LogP contribution in [0.1, 0.15) is 12.8 Å². The smallest absolute Gasteiger partial charge is 0.216 e. The lowest BCUT2D eigenvalue weighted by Gasteiger charge is -2.38. The highest BCUT2D eigenvalue weighted by Crippen LogP contribution is 2.40. The van der Waals surface area contributed by atoms with E-state index >= 15 is 0 Å². The van der Waals surface area contributed by atoms with Gasteiger partial charge in [0, 0.05) is 35.8 Å². The van der Waals surface area contributed by atoms with Gasteiger partial charge in [-0.25, -0.2) is 0 Å². The first-order valence-electron chi connectivity index (χ1n) is 10.2. The number of ether oxygens (including phenoxy) is 2. The van der Waals surface area contributed by atoms with Gasteiger partial charge in [-0.05, 0) is 31.5 Å². The molecule has 8 heteroatoms. The van der Waals surface area contributed by atoms with Gasteiger partial charge in [0.2, 0.25) is 5.12 Å². The van der Waals surface area contributed by atoms with Crippen LogP contribution in [0.4, 0.5) is 0 Å². The number of carbonyl (C=O) groups is 1. The minimum atomic E-state index is -0.0507. The van der Waals surface area contributed by atoms with Crippen molar-refractivity contribution in [1.29, 1.82) is 0 Å². The van der Waals surface area contributed by atoms with Crippen molar-refractivity contribution < 1.29 is 14.3 Å². The SMILES string of the molecule is O=C1SC2=C(CNNC2)N2C=CC(CCCNCC3COc4ccccc4O3)C12. The van der Waals surface area contributed by atoms with Crippen molar-refractivity contribution in [2.24, 2.45) is 5.92 Å². The summed E-state index contributed by atoms with van der Waals surface area (Å²) in [7, 11) is 0. The van der Waals surface area contributed by atoms with Crippen LogP contribution in [0.25, 0.3) is 0 Å². The largest absolute Gasteiger partial charge is 0.486 e. The summed E-state index contributed by atoms with van der Waals surface area (Å²) in [6.07, 6.45) is 6.35. The molecule has 5 rings (SSSR count). The van der Waals surface area contributed by atoms with Crippen molar-refractivity contribution in [2.75, 3.05) is 32.8 Å². The molecule has 0 amide bonds. The lowest BCUT2D eigenvalue weighted by molar-refractivity contribution is -0.115. The number of rotatable bonds is 6. The molecule has 3 N–H and O–H groups in total. The van der Waals surface area contributed by atoms with E-state index in [2.05, 4.69) is 33.3 Å². The number of thioether (sulfide) groups is 1. The number of carbonyl (C=O) groups excluding carboxylic acids is 1. The Balaban J connectivity index is 1.07. The molecule has 0 bridgehead atoms. The molecule has 154 valence electrons. The molecule has 4 aliphatic rings. The van der Waals surface area contributed by atoms with Crippen LogP contribution in [0.2, 0.25) is 0 Å². The van der Waals surface area contributed by atoms with Gasteiger partial charge in [0.05, 0.1) is 6.54 Å². The molecular formula is C21H26N4O3S. The van der Waals surface area contributed by atoms with Crippen LogP contribution in [-0.4, -0.2) is 54.9 Å². The standard InChI is InChI=1S/C21H26N4O3S/c26-21-20-14(7-9-25(20)16-11-23-24-12-19(16)29-21)4-3-8-22-10-15-13-27-17-5-1-2-6-18(17)28-15/h1-2,5-7,9,14-15,20,22-24H,3-4,8,10-13H2. The van der Waals surface area contributed by atoms with Crippen molar-refractivity contribution in [3.05, 3.63) is 47.1 Å². The van der Waals surface area contributed by atoms with Crippen LogP contribution in [0.15, 0.2) is 47.1 Å². The van der Waals surface area contributed by atoms with Crippen molar-refractivity contribution in [3.63, 3.8) is 0 Å². The van der Waals surface area contributed by atoms with E-state index in [4.69, 9.17) is 9.47 Å². The Labute approximate surface area is 174 Å². The Kier molecular flexibility index (Phi) is 5.50. The Hall–Kier alpha value is -2.00. The molecule has 4 heterocycles. The average molecular weight is 415 g/mol. The van der Waals surface area contributed by atoms with Gasteiger partial charge >= 0.3 is 0 Å². The number of hydrazine groups is 1. The summed E-state index contributed by atoms with van der Waals surface area (Å²) in [4.78, 5) is 16.0. The average Bonchev–Trinajstić information content (AvgIpc) is 3.18. The monoisotopic (exact) mass is 414 g/mol. The second-order valence-electron chi connectivity index (χ2n) is 7.70. The fraction of sp³-hybridized carbons (Fsp3) is 0.476. The van der Waals surface area contributed by atoms with Crippen molar-refractivity contribution >= 4 is 16.9 Å². The zero-order chi connectivity index (χ0) is 19.6. The van der Waals surface area contributed by atoms with Crippen molar-refractivity contribution in [2.45, 2.75) is 25.0 Å². The third kappa shape index (κ3) is 3.90. The molecule has 4 aliphatic heterocycles. The van der Waals surface area contributed by atoms with E-state index in [0.717, 1.165) is 55.4 Å². The second kappa shape index (κ2) is 8.39. The zero-order valence-corrected chi connectivity index (χ0v) is 17.0. The highest BCUT2D eigenvalue weighted by atomic mass is 32.2. The Morgan fingerprint density at radius 3 is 3.00 bits per heavy atom. The minimum absolute atomic E-state index is 0.0286. The summed E-state index contributed by atoms with van der Waals surface area (Å²) in [5.74, 6) is 1.91. The van der Waals surface area contributed by atoms with E-state index in [-0.39, 0.29) is 23.2 Å². The molecule has 29 heavy (non-hydrogen) atoms.